The summed E-state index contributed by atoms with van der Waals surface area (Å²) in [4.78, 5) is 30.6. The van der Waals surface area contributed by atoms with Crippen molar-refractivity contribution in [2.45, 2.75) is 19.8 Å². The van der Waals surface area contributed by atoms with Crippen LogP contribution in [0.15, 0.2) is 24.3 Å². The second kappa shape index (κ2) is 9.17. The molecule has 27 heavy (non-hydrogen) atoms. The van der Waals surface area contributed by atoms with E-state index in [4.69, 9.17) is 4.74 Å². The molecule has 2 aliphatic heterocycles. The van der Waals surface area contributed by atoms with Crippen LogP contribution in [-0.4, -0.2) is 78.9 Å². The molecule has 6 nitrogen and oxygen atoms in total. The number of amides is 2. The van der Waals surface area contributed by atoms with Crippen molar-refractivity contribution in [1.29, 1.82) is 0 Å². The van der Waals surface area contributed by atoms with Crippen LogP contribution in [0.5, 0.6) is 5.75 Å². The van der Waals surface area contributed by atoms with E-state index in [1.165, 1.54) is 30.7 Å². The summed E-state index contributed by atoms with van der Waals surface area (Å²) in [6.45, 7) is 6.86. The van der Waals surface area contributed by atoms with E-state index in [1.807, 2.05) is 4.90 Å². The van der Waals surface area contributed by atoms with Gasteiger partial charge in [-0.25, -0.2) is 4.39 Å². The Morgan fingerprint density at radius 3 is 2.41 bits per heavy atom. The lowest BCUT2D eigenvalue weighted by Gasteiger charge is -2.36. The topological polar surface area (TPSA) is 53.1 Å². The minimum absolute atomic E-state index is 0.0593. The van der Waals surface area contributed by atoms with Gasteiger partial charge in [-0.05, 0) is 43.0 Å². The maximum absolute atomic E-state index is 12.9. The van der Waals surface area contributed by atoms with Crippen molar-refractivity contribution < 1.29 is 18.7 Å². The Kier molecular flexibility index (Phi) is 6.66. The number of rotatable bonds is 5. The summed E-state index contributed by atoms with van der Waals surface area (Å²) in [5.74, 6) is 0.831. The smallest absolute Gasteiger partial charge is 0.260 e. The molecule has 1 aromatic rings. The van der Waals surface area contributed by atoms with Gasteiger partial charge in [0.2, 0.25) is 5.91 Å². The molecule has 0 saturated carbocycles. The summed E-state index contributed by atoms with van der Waals surface area (Å²) in [7, 11) is 0. The molecular weight excluding hydrogens is 349 g/mol. The van der Waals surface area contributed by atoms with Crippen LogP contribution in [0.1, 0.15) is 19.8 Å². The molecule has 2 aliphatic rings. The van der Waals surface area contributed by atoms with Gasteiger partial charge in [0.05, 0.1) is 6.54 Å². The molecule has 0 N–H and O–H groups in total. The number of benzene rings is 1. The van der Waals surface area contributed by atoms with E-state index in [9.17, 15) is 14.0 Å². The first kappa shape index (κ1) is 19.6. The van der Waals surface area contributed by atoms with Crippen LogP contribution in [0, 0.1) is 11.7 Å². The van der Waals surface area contributed by atoms with Crippen molar-refractivity contribution in [3.63, 3.8) is 0 Å². The monoisotopic (exact) mass is 377 g/mol. The number of carbonyl (C=O) groups is 2. The molecule has 7 heteroatoms. The molecule has 1 aromatic carbocycles. The highest BCUT2D eigenvalue weighted by Gasteiger charge is 2.26. The maximum Gasteiger partial charge on any atom is 0.260 e. The van der Waals surface area contributed by atoms with Gasteiger partial charge in [-0.3, -0.25) is 14.5 Å². The van der Waals surface area contributed by atoms with E-state index in [-0.39, 0.29) is 24.2 Å². The van der Waals surface area contributed by atoms with Crippen molar-refractivity contribution in [1.82, 2.24) is 14.7 Å². The number of ether oxygens (including phenoxy) is 1. The lowest BCUT2D eigenvalue weighted by molar-refractivity contribution is -0.137. The van der Waals surface area contributed by atoms with Crippen molar-refractivity contribution in [2.24, 2.45) is 5.92 Å². The van der Waals surface area contributed by atoms with Crippen LogP contribution < -0.4 is 4.74 Å². The van der Waals surface area contributed by atoms with Gasteiger partial charge in [0.1, 0.15) is 11.6 Å². The number of piperidine rings is 1. The SMILES string of the molecule is CC1CCCN(C(=O)CN2CCN(C(=O)COc3ccc(F)cc3)CC2)C1. The van der Waals surface area contributed by atoms with Gasteiger partial charge in [0, 0.05) is 39.3 Å². The van der Waals surface area contributed by atoms with E-state index in [2.05, 4.69) is 11.8 Å². The zero-order valence-corrected chi connectivity index (χ0v) is 15.9. The van der Waals surface area contributed by atoms with Crippen molar-refractivity contribution in [3.05, 3.63) is 30.1 Å². The third-order valence-electron chi connectivity index (χ3n) is 5.27. The minimum Gasteiger partial charge on any atom is -0.484 e. The largest absolute Gasteiger partial charge is 0.484 e. The summed E-state index contributed by atoms with van der Waals surface area (Å²) in [5.41, 5.74) is 0. The standard InChI is InChI=1S/C20H28FN3O3/c1-16-3-2-8-24(13-16)19(25)14-22-9-11-23(12-10-22)20(26)15-27-18-6-4-17(21)5-7-18/h4-7,16H,2-3,8-15H2,1H3. The highest BCUT2D eigenvalue weighted by Crippen LogP contribution is 2.16. The predicted octanol–water partition coefficient (Wildman–Crippen LogP) is 1.61. The van der Waals surface area contributed by atoms with Crippen LogP contribution in [0.25, 0.3) is 0 Å². The quantitative estimate of drug-likeness (QED) is 0.782. The van der Waals surface area contributed by atoms with Crippen molar-refractivity contribution in [2.75, 3.05) is 52.4 Å². The van der Waals surface area contributed by atoms with Gasteiger partial charge in [-0.15, -0.1) is 0 Å². The Labute approximate surface area is 159 Å². The molecule has 2 saturated heterocycles. The molecule has 0 radical (unpaired) electrons. The Hall–Kier alpha value is -2.15. The lowest BCUT2D eigenvalue weighted by atomic mass is 10.0. The molecule has 0 bridgehead atoms. The zero-order chi connectivity index (χ0) is 19.2. The van der Waals surface area contributed by atoms with Gasteiger partial charge >= 0.3 is 0 Å². The number of piperazine rings is 1. The molecule has 1 atom stereocenters. The molecule has 0 aliphatic carbocycles. The van der Waals surface area contributed by atoms with Gasteiger partial charge in [-0.2, -0.15) is 0 Å². The summed E-state index contributed by atoms with van der Waals surface area (Å²) < 4.78 is 18.3. The third kappa shape index (κ3) is 5.66. The van der Waals surface area contributed by atoms with E-state index < -0.39 is 0 Å². The first-order chi connectivity index (χ1) is 13.0. The first-order valence-electron chi connectivity index (χ1n) is 9.67. The van der Waals surface area contributed by atoms with Gasteiger partial charge in [0.25, 0.3) is 5.91 Å². The highest BCUT2D eigenvalue weighted by molar-refractivity contribution is 5.79. The second-order valence-corrected chi connectivity index (χ2v) is 7.49. The molecule has 0 aromatic heterocycles. The van der Waals surface area contributed by atoms with Gasteiger partial charge in [-0.1, -0.05) is 6.92 Å². The molecule has 2 amide bonds. The normalized spacial score (nSPS) is 21.2. The van der Waals surface area contributed by atoms with E-state index in [0.717, 1.165) is 19.5 Å². The average molecular weight is 377 g/mol. The summed E-state index contributed by atoms with van der Waals surface area (Å²) >= 11 is 0. The number of carbonyl (C=O) groups excluding carboxylic acids is 2. The molecule has 2 heterocycles. The summed E-state index contributed by atoms with van der Waals surface area (Å²) in [6, 6.07) is 5.62. The fraction of sp³-hybridized carbons (Fsp3) is 0.600. The van der Waals surface area contributed by atoms with Crippen LogP contribution in [0.3, 0.4) is 0 Å². The molecular formula is C20H28FN3O3. The maximum atomic E-state index is 12.9. The Balaban J connectivity index is 1.38. The Morgan fingerprint density at radius 1 is 1.04 bits per heavy atom. The summed E-state index contributed by atoms with van der Waals surface area (Å²) in [5, 5.41) is 0. The van der Waals surface area contributed by atoms with Crippen LogP contribution in [0.2, 0.25) is 0 Å². The minimum atomic E-state index is -0.335. The van der Waals surface area contributed by atoms with Gasteiger partial charge < -0.3 is 14.5 Å². The molecule has 2 fully saturated rings. The lowest BCUT2D eigenvalue weighted by Crippen LogP contribution is -2.53. The van der Waals surface area contributed by atoms with Crippen LogP contribution >= 0.6 is 0 Å². The number of nitrogens with zero attached hydrogens (tertiary/aromatic N) is 3. The fourth-order valence-corrected chi connectivity index (χ4v) is 3.63. The van der Waals surface area contributed by atoms with E-state index in [0.29, 0.717) is 44.4 Å². The van der Waals surface area contributed by atoms with Gasteiger partial charge in [0.15, 0.2) is 6.61 Å². The van der Waals surface area contributed by atoms with Crippen molar-refractivity contribution in [3.8, 4) is 5.75 Å². The van der Waals surface area contributed by atoms with E-state index in [1.54, 1.807) is 4.90 Å². The predicted molar refractivity (Wildman–Crippen MR) is 99.9 cm³/mol. The number of likely N-dealkylation sites (tertiary alicyclic amines) is 1. The van der Waals surface area contributed by atoms with E-state index >= 15 is 0 Å². The van der Waals surface area contributed by atoms with Crippen molar-refractivity contribution >= 4 is 11.8 Å². The molecule has 0 spiro atoms. The van der Waals surface area contributed by atoms with Crippen LogP contribution in [0.4, 0.5) is 4.39 Å². The first-order valence-corrected chi connectivity index (χ1v) is 9.67. The second-order valence-electron chi connectivity index (χ2n) is 7.49. The highest BCUT2D eigenvalue weighted by atomic mass is 19.1. The number of hydrogen-bond acceptors (Lipinski definition) is 4. The third-order valence-corrected chi connectivity index (χ3v) is 5.27. The summed E-state index contributed by atoms with van der Waals surface area (Å²) in [6.07, 6.45) is 2.29. The number of hydrogen-bond donors (Lipinski definition) is 0. The zero-order valence-electron chi connectivity index (χ0n) is 15.9. The Morgan fingerprint density at radius 2 is 1.74 bits per heavy atom. The molecule has 3 rings (SSSR count). The molecule has 148 valence electrons. The average Bonchev–Trinajstić information content (AvgIpc) is 2.68. The Bertz CT molecular complexity index is 644. The molecule has 1 unspecified atom stereocenters. The number of halogens is 1. The fourth-order valence-electron chi connectivity index (χ4n) is 3.63. The van der Waals surface area contributed by atoms with Crippen LogP contribution in [-0.2, 0) is 9.59 Å².